The topological polar surface area (TPSA) is 68.3 Å². The zero-order valence-corrected chi connectivity index (χ0v) is 19.4. The minimum atomic E-state index is -0.0294. The lowest BCUT2D eigenvalue weighted by atomic mass is 9.86. The van der Waals surface area contributed by atoms with Crippen LogP contribution in [0.1, 0.15) is 27.9 Å². The first-order chi connectivity index (χ1) is 16.1. The molecule has 0 spiro atoms. The molecule has 1 aliphatic carbocycles. The lowest BCUT2D eigenvalue weighted by Crippen LogP contribution is -2.45. The highest BCUT2D eigenvalue weighted by molar-refractivity contribution is 5.94. The molecule has 2 N–H and O–H groups in total. The molecule has 2 heterocycles. The highest BCUT2D eigenvalue weighted by atomic mass is 16.5. The number of hydrogen-bond acceptors (Lipinski definition) is 6. The first-order valence-corrected chi connectivity index (χ1v) is 12.1. The second kappa shape index (κ2) is 9.61. The number of carbonyl (C=O) groups excluding carboxylic acids is 1. The van der Waals surface area contributed by atoms with Crippen molar-refractivity contribution in [2.75, 3.05) is 69.3 Å². The van der Waals surface area contributed by atoms with Crippen molar-refractivity contribution in [3.63, 3.8) is 0 Å². The van der Waals surface area contributed by atoms with Gasteiger partial charge in [-0.05, 0) is 73.8 Å². The van der Waals surface area contributed by atoms with Crippen LogP contribution in [0.25, 0.3) is 0 Å². The molecule has 1 unspecified atom stereocenters. The van der Waals surface area contributed by atoms with E-state index in [0.717, 1.165) is 83.0 Å². The number of fused-ring (bicyclic) bond motifs is 1. The van der Waals surface area contributed by atoms with Gasteiger partial charge < -0.3 is 29.9 Å². The number of aromatic hydroxyl groups is 1. The molecule has 176 valence electrons. The van der Waals surface area contributed by atoms with E-state index in [1.165, 1.54) is 11.3 Å². The van der Waals surface area contributed by atoms with Gasteiger partial charge in [0.15, 0.2) is 0 Å². The largest absolute Gasteiger partial charge is 0.508 e. The summed E-state index contributed by atoms with van der Waals surface area (Å²) in [6.45, 7) is 7.31. The van der Waals surface area contributed by atoms with Crippen molar-refractivity contribution in [2.24, 2.45) is 0 Å². The van der Waals surface area contributed by atoms with Gasteiger partial charge in [-0.2, -0.15) is 0 Å². The van der Waals surface area contributed by atoms with Crippen molar-refractivity contribution < 1.29 is 14.6 Å². The van der Waals surface area contributed by atoms with Crippen LogP contribution < -0.4 is 15.1 Å². The van der Waals surface area contributed by atoms with Crippen molar-refractivity contribution in [1.29, 1.82) is 0 Å². The Hall–Kier alpha value is -2.77. The van der Waals surface area contributed by atoms with Gasteiger partial charge in [-0.3, -0.25) is 4.79 Å². The standard InChI is InChI=1S/C26H34N4O3/c1-28-10-12-30(13-11-28)24-8-9-25(31)22-7-4-20(18-23(22)24)27-26(32)19-2-5-21(6-3-19)29-14-16-33-17-15-29/h2-3,5-6,8-9,20,31H,4,7,10-18H2,1H3,(H,27,32). The zero-order valence-electron chi connectivity index (χ0n) is 19.4. The summed E-state index contributed by atoms with van der Waals surface area (Å²) in [5, 5.41) is 13.7. The molecule has 2 aromatic carbocycles. The van der Waals surface area contributed by atoms with Crippen LogP contribution in [0, 0.1) is 0 Å². The SMILES string of the molecule is CN1CCN(c2ccc(O)c3c2CC(NC(=O)c2ccc(N4CCOCC4)cc2)CC3)CC1. The zero-order chi connectivity index (χ0) is 22.8. The molecule has 1 amide bonds. The van der Waals surface area contributed by atoms with E-state index < -0.39 is 0 Å². The molecule has 2 aromatic rings. The van der Waals surface area contributed by atoms with Gasteiger partial charge >= 0.3 is 0 Å². The third-order valence-corrected chi connectivity index (χ3v) is 7.26. The number of phenols is 1. The lowest BCUT2D eigenvalue weighted by Gasteiger charge is -2.37. The number of hydrogen-bond donors (Lipinski definition) is 2. The van der Waals surface area contributed by atoms with Gasteiger partial charge in [0.05, 0.1) is 13.2 Å². The smallest absolute Gasteiger partial charge is 0.251 e. The number of piperazine rings is 1. The van der Waals surface area contributed by atoms with E-state index in [1.807, 2.05) is 36.4 Å². The average Bonchev–Trinajstić information content (AvgIpc) is 2.86. The van der Waals surface area contributed by atoms with E-state index in [1.54, 1.807) is 0 Å². The first kappa shape index (κ1) is 22.0. The Bertz CT molecular complexity index is 980. The fraction of sp³-hybridized carbons (Fsp3) is 0.500. The van der Waals surface area contributed by atoms with E-state index in [0.29, 0.717) is 11.3 Å². The molecule has 2 aliphatic heterocycles. The van der Waals surface area contributed by atoms with Crippen molar-refractivity contribution in [3.8, 4) is 5.75 Å². The van der Waals surface area contributed by atoms with Gasteiger partial charge in [0.1, 0.15) is 5.75 Å². The Balaban J connectivity index is 1.27. The minimum absolute atomic E-state index is 0.0294. The average molecular weight is 451 g/mol. The second-order valence-electron chi connectivity index (χ2n) is 9.41. The fourth-order valence-corrected chi connectivity index (χ4v) is 5.22. The highest BCUT2D eigenvalue weighted by Gasteiger charge is 2.27. The van der Waals surface area contributed by atoms with E-state index >= 15 is 0 Å². The number of nitrogens with one attached hydrogen (secondary N) is 1. The van der Waals surface area contributed by atoms with Gasteiger partial charge in [-0.1, -0.05) is 0 Å². The molecule has 3 aliphatic rings. The summed E-state index contributed by atoms with van der Waals surface area (Å²) in [5.74, 6) is 0.352. The summed E-state index contributed by atoms with van der Waals surface area (Å²) in [4.78, 5) is 20.0. The molecular weight excluding hydrogens is 416 g/mol. The Morgan fingerprint density at radius 2 is 1.67 bits per heavy atom. The highest BCUT2D eigenvalue weighted by Crippen LogP contribution is 2.36. The number of carbonyl (C=O) groups is 1. The van der Waals surface area contributed by atoms with Crippen LogP contribution in [0.4, 0.5) is 11.4 Å². The minimum Gasteiger partial charge on any atom is -0.508 e. The van der Waals surface area contributed by atoms with Crippen molar-refractivity contribution in [2.45, 2.75) is 25.3 Å². The molecule has 1 atom stereocenters. The lowest BCUT2D eigenvalue weighted by molar-refractivity contribution is 0.0933. The molecular formula is C26H34N4O3. The van der Waals surface area contributed by atoms with Crippen LogP contribution in [-0.4, -0.2) is 81.5 Å². The molecule has 7 nitrogen and oxygen atoms in total. The van der Waals surface area contributed by atoms with E-state index in [2.05, 4.69) is 27.1 Å². The van der Waals surface area contributed by atoms with Gasteiger partial charge in [0, 0.05) is 62.2 Å². The fourth-order valence-electron chi connectivity index (χ4n) is 5.22. The third kappa shape index (κ3) is 4.80. The molecule has 0 aromatic heterocycles. The predicted octanol–water partition coefficient (Wildman–Crippen LogP) is 2.27. The molecule has 0 radical (unpaired) electrons. The maximum absolute atomic E-state index is 13.0. The van der Waals surface area contributed by atoms with Crippen LogP contribution in [0.3, 0.4) is 0 Å². The van der Waals surface area contributed by atoms with Crippen LogP contribution >= 0.6 is 0 Å². The molecule has 2 fully saturated rings. The molecule has 0 saturated carbocycles. The van der Waals surface area contributed by atoms with Gasteiger partial charge in [0.2, 0.25) is 0 Å². The number of benzene rings is 2. The number of ether oxygens (including phenoxy) is 1. The van der Waals surface area contributed by atoms with Crippen LogP contribution in [0.2, 0.25) is 0 Å². The molecule has 5 rings (SSSR count). The van der Waals surface area contributed by atoms with Gasteiger partial charge in [-0.15, -0.1) is 0 Å². The number of anilines is 2. The summed E-state index contributed by atoms with van der Waals surface area (Å²) in [5.41, 5.74) is 5.28. The van der Waals surface area contributed by atoms with Crippen LogP contribution in [0.15, 0.2) is 36.4 Å². The maximum atomic E-state index is 13.0. The summed E-state index contributed by atoms with van der Waals surface area (Å²) >= 11 is 0. The van der Waals surface area contributed by atoms with E-state index in [9.17, 15) is 9.90 Å². The molecule has 33 heavy (non-hydrogen) atoms. The van der Waals surface area contributed by atoms with Crippen molar-refractivity contribution >= 4 is 17.3 Å². The Morgan fingerprint density at radius 3 is 2.39 bits per heavy atom. The number of amides is 1. The summed E-state index contributed by atoms with van der Waals surface area (Å²) in [6, 6.07) is 11.8. The van der Waals surface area contributed by atoms with Gasteiger partial charge in [0.25, 0.3) is 5.91 Å². The van der Waals surface area contributed by atoms with Crippen molar-refractivity contribution in [3.05, 3.63) is 53.1 Å². The summed E-state index contributed by atoms with van der Waals surface area (Å²) in [6.07, 6.45) is 2.37. The molecule has 2 saturated heterocycles. The number of phenolic OH excluding ortho intramolecular Hbond substituents is 1. The second-order valence-corrected chi connectivity index (χ2v) is 9.41. The Kier molecular flexibility index (Phi) is 6.42. The predicted molar refractivity (Wildman–Crippen MR) is 131 cm³/mol. The van der Waals surface area contributed by atoms with Crippen molar-refractivity contribution in [1.82, 2.24) is 10.2 Å². The Labute approximate surface area is 195 Å². The molecule has 0 bridgehead atoms. The third-order valence-electron chi connectivity index (χ3n) is 7.26. The first-order valence-electron chi connectivity index (χ1n) is 12.1. The number of likely N-dealkylation sites (N-methyl/N-ethyl adjacent to an activating group) is 1. The maximum Gasteiger partial charge on any atom is 0.251 e. The quantitative estimate of drug-likeness (QED) is 0.745. The molecule has 7 heteroatoms. The number of nitrogens with zero attached hydrogens (tertiary/aromatic N) is 3. The van der Waals surface area contributed by atoms with E-state index in [-0.39, 0.29) is 11.9 Å². The summed E-state index contributed by atoms with van der Waals surface area (Å²) in [7, 11) is 2.16. The van der Waals surface area contributed by atoms with E-state index in [4.69, 9.17) is 4.74 Å². The Morgan fingerprint density at radius 1 is 0.939 bits per heavy atom. The van der Waals surface area contributed by atoms with Gasteiger partial charge in [-0.25, -0.2) is 0 Å². The monoisotopic (exact) mass is 450 g/mol. The van der Waals surface area contributed by atoms with Crippen LogP contribution in [0.5, 0.6) is 5.75 Å². The number of rotatable bonds is 4. The summed E-state index contributed by atoms with van der Waals surface area (Å²) < 4.78 is 5.43. The normalized spacial score (nSPS) is 21.5. The number of morpholine rings is 1. The van der Waals surface area contributed by atoms with Crippen LogP contribution in [-0.2, 0) is 17.6 Å².